The van der Waals surface area contributed by atoms with Crippen molar-refractivity contribution in [1.82, 2.24) is 9.97 Å². The van der Waals surface area contributed by atoms with Gasteiger partial charge in [0.05, 0.1) is 0 Å². The van der Waals surface area contributed by atoms with Crippen LogP contribution in [0.25, 0.3) is 11.3 Å². The zero-order valence-electron chi connectivity index (χ0n) is 8.12. The molecule has 76 valence electrons. The molecule has 0 amide bonds. The minimum absolute atomic E-state index is 0.250. The third-order valence-corrected chi connectivity index (χ3v) is 2.36. The highest BCUT2D eigenvalue weighted by Crippen LogP contribution is 2.22. The van der Waals surface area contributed by atoms with E-state index in [9.17, 15) is 4.79 Å². The van der Waals surface area contributed by atoms with Crippen molar-refractivity contribution in [2.24, 2.45) is 0 Å². The van der Waals surface area contributed by atoms with Gasteiger partial charge in [0.15, 0.2) is 0 Å². The molecule has 2 aromatic rings. The van der Waals surface area contributed by atoms with Crippen LogP contribution < -0.4 is 5.56 Å². The summed E-state index contributed by atoms with van der Waals surface area (Å²) in [6.45, 7) is 1.65. The quantitative estimate of drug-likeness (QED) is 0.802. The number of halogens is 1. The van der Waals surface area contributed by atoms with E-state index < -0.39 is 0 Å². The fraction of sp³-hybridized carbons (Fsp3) is 0.0909. The summed E-state index contributed by atoms with van der Waals surface area (Å²) < 4.78 is 0. The third kappa shape index (κ3) is 1.92. The summed E-state index contributed by atoms with van der Waals surface area (Å²) in [7, 11) is 0. The summed E-state index contributed by atoms with van der Waals surface area (Å²) in [5.41, 5.74) is 1.66. The molecule has 0 aliphatic carbocycles. The Balaban J connectivity index is 2.64. The van der Waals surface area contributed by atoms with Gasteiger partial charge in [-0.15, -0.1) is 0 Å². The molecule has 0 fully saturated rings. The zero-order chi connectivity index (χ0) is 10.8. The highest BCUT2D eigenvalue weighted by molar-refractivity contribution is 6.31. The van der Waals surface area contributed by atoms with Crippen LogP contribution in [-0.4, -0.2) is 9.97 Å². The number of aryl methyl sites for hydroxylation is 1. The van der Waals surface area contributed by atoms with Crippen molar-refractivity contribution in [3.8, 4) is 11.3 Å². The van der Waals surface area contributed by atoms with Gasteiger partial charge in [0, 0.05) is 5.56 Å². The first kappa shape index (κ1) is 9.93. The smallest absolute Gasteiger partial charge is 0.270 e. The van der Waals surface area contributed by atoms with Gasteiger partial charge >= 0.3 is 0 Å². The predicted molar refractivity (Wildman–Crippen MR) is 60.0 cm³/mol. The lowest BCUT2D eigenvalue weighted by Gasteiger charge is -2.03. The van der Waals surface area contributed by atoms with E-state index in [1.807, 2.05) is 30.3 Å². The van der Waals surface area contributed by atoms with Crippen molar-refractivity contribution in [1.29, 1.82) is 0 Å². The zero-order valence-corrected chi connectivity index (χ0v) is 8.88. The number of aromatic amines is 1. The maximum absolute atomic E-state index is 11.2. The van der Waals surface area contributed by atoms with Gasteiger partial charge in [0.2, 0.25) is 0 Å². The Bertz CT molecular complexity index is 534. The number of hydrogen-bond acceptors (Lipinski definition) is 2. The predicted octanol–water partition coefficient (Wildman–Crippen LogP) is 2.40. The Kier molecular flexibility index (Phi) is 2.56. The Morgan fingerprint density at radius 2 is 1.93 bits per heavy atom. The molecule has 4 heteroatoms. The molecule has 0 saturated heterocycles. The van der Waals surface area contributed by atoms with E-state index in [1.54, 1.807) is 6.92 Å². The average Bonchev–Trinajstić information content (AvgIpc) is 2.25. The fourth-order valence-corrected chi connectivity index (χ4v) is 1.54. The molecule has 0 bridgehead atoms. The highest BCUT2D eigenvalue weighted by Gasteiger charge is 2.07. The largest absolute Gasteiger partial charge is 0.310 e. The molecule has 15 heavy (non-hydrogen) atoms. The number of benzene rings is 1. The van der Waals surface area contributed by atoms with Crippen LogP contribution in [0.3, 0.4) is 0 Å². The van der Waals surface area contributed by atoms with Crippen molar-refractivity contribution in [2.75, 3.05) is 0 Å². The van der Waals surface area contributed by atoms with Crippen LogP contribution in [0.5, 0.6) is 0 Å². The molecule has 0 radical (unpaired) electrons. The minimum atomic E-state index is -0.250. The van der Waals surface area contributed by atoms with Gasteiger partial charge in [-0.3, -0.25) is 4.79 Å². The minimum Gasteiger partial charge on any atom is -0.310 e. The molecular formula is C11H9ClN2O. The van der Waals surface area contributed by atoms with E-state index >= 15 is 0 Å². The molecule has 3 nitrogen and oxygen atoms in total. The number of rotatable bonds is 1. The monoisotopic (exact) mass is 220 g/mol. The SMILES string of the molecule is Cc1nc(-c2ccccc2)c(Cl)[nH]c1=O. The molecule has 0 aliphatic heterocycles. The molecule has 1 heterocycles. The topological polar surface area (TPSA) is 45.8 Å². The van der Waals surface area contributed by atoms with Gasteiger partial charge in [-0.1, -0.05) is 41.9 Å². The van der Waals surface area contributed by atoms with Crippen molar-refractivity contribution >= 4 is 11.6 Å². The lowest BCUT2D eigenvalue weighted by atomic mass is 10.1. The highest BCUT2D eigenvalue weighted by atomic mass is 35.5. The Labute approximate surface area is 91.8 Å². The van der Waals surface area contributed by atoms with E-state index in [2.05, 4.69) is 9.97 Å². The van der Waals surface area contributed by atoms with Crippen LogP contribution in [0.4, 0.5) is 0 Å². The molecule has 0 atom stereocenters. The Morgan fingerprint density at radius 1 is 1.27 bits per heavy atom. The van der Waals surface area contributed by atoms with Crippen molar-refractivity contribution in [2.45, 2.75) is 6.92 Å². The summed E-state index contributed by atoms with van der Waals surface area (Å²) in [6.07, 6.45) is 0. The van der Waals surface area contributed by atoms with Crippen molar-refractivity contribution in [3.63, 3.8) is 0 Å². The van der Waals surface area contributed by atoms with Crippen LogP contribution in [0, 0.1) is 6.92 Å². The van der Waals surface area contributed by atoms with Crippen LogP contribution in [0.15, 0.2) is 35.1 Å². The van der Waals surface area contributed by atoms with Crippen LogP contribution in [0.1, 0.15) is 5.69 Å². The standard InChI is InChI=1S/C11H9ClN2O/c1-7-11(15)14-10(12)9(13-7)8-5-3-2-4-6-8/h2-6H,1H3,(H,14,15). The number of H-pyrrole nitrogens is 1. The van der Waals surface area contributed by atoms with Gasteiger partial charge in [0.25, 0.3) is 5.56 Å². The lowest BCUT2D eigenvalue weighted by molar-refractivity contribution is 1.07. The number of nitrogens with zero attached hydrogens (tertiary/aromatic N) is 1. The third-order valence-electron chi connectivity index (χ3n) is 2.09. The second-order valence-corrected chi connectivity index (χ2v) is 3.56. The summed E-state index contributed by atoms with van der Waals surface area (Å²) in [6, 6.07) is 9.50. The van der Waals surface area contributed by atoms with E-state index in [0.717, 1.165) is 5.56 Å². The summed E-state index contributed by atoms with van der Waals surface area (Å²) in [5.74, 6) is 0. The summed E-state index contributed by atoms with van der Waals surface area (Å²) in [4.78, 5) is 17.9. The van der Waals surface area contributed by atoms with Gasteiger partial charge in [-0.05, 0) is 6.92 Å². The van der Waals surface area contributed by atoms with E-state index in [-0.39, 0.29) is 10.7 Å². The van der Waals surface area contributed by atoms with Crippen molar-refractivity contribution < 1.29 is 0 Å². The van der Waals surface area contributed by atoms with E-state index in [0.29, 0.717) is 11.4 Å². The molecule has 1 aromatic carbocycles. The second kappa shape index (κ2) is 3.87. The Hall–Kier alpha value is -1.61. The molecule has 0 unspecified atom stereocenters. The number of nitrogens with one attached hydrogen (secondary N) is 1. The first-order valence-electron chi connectivity index (χ1n) is 4.50. The van der Waals surface area contributed by atoms with Crippen LogP contribution in [-0.2, 0) is 0 Å². The van der Waals surface area contributed by atoms with Gasteiger partial charge in [-0.25, -0.2) is 4.98 Å². The maximum Gasteiger partial charge on any atom is 0.270 e. The Morgan fingerprint density at radius 3 is 2.60 bits per heavy atom. The first-order chi connectivity index (χ1) is 7.18. The molecule has 2 rings (SSSR count). The number of hydrogen-bond donors (Lipinski definition) is 1. The molecular weight excluding hydrogens is 212 g/mol. The normalized spacial score (nSPS) is 10.3. The lowest BCUT2D eigenvalue weighted by Crippen LogP contribution is -2.12. The maximum atomic E-state index is 11.2. The molecule has 0 saturated carbocycles. The van der Waals surface area contributed by atoms with Crippen LogP contribution >= 0.6 is 11.6 Å². The molecule has 1 aromatic heterocycles. The first-order valence-corrected chi connectivity index (χ1v) is 4.88. The molecule has 0 aliphatic rings. The van der Waals surface area contributed by atoms with Crippen molar-refractivity contribution in [3.05, 3.63) is 51.5 Å². The van der Waals surface area contributed by atoms with E-state index in [4.69, 9.17) is 11.6 Å². The second-order valence-electron chi connectivity index (χ2n) is 3.18. The van der Waals surface area contributed by atoms with Gasteiger partial charge < -0.3 is 4.98 Å². The number of aromatic nitrogens is 2. The van der Waals surface area contributed by atoms with Crippen LogP contribution in [0.2, 0.25) is 5.15 Å². The summed E-state index contributed by atoms with van der Waals surface area (Å²) >= 11 is 5.92. The fourth-order valence-electron chi connectivity index (χ4n) is 1.30. The van der Waals surface area contributed by atoms with Gasteiger partial charge in [-0.2, -0.15) is 0 Å². The molecule has 0 spiro atoms. The van der Waals surface area contributed by atoms with Gasteiger partial charge in [0.1, 0.15) is 16.5 Å². The molecule has 1 N–H and O–H groups in total. The summed E-state index contributed by atoms with van der Waals surface area (Å²) in [5, 5.41) is 0.275. The van der Waals surface area contributed by atoms with E-state index in [1.165, 1.54) is 0 Å². The average molecular weight is 221 g/mol.